The minimum Gasteiger partial charge on any atom is -0.378 e. The van der Waals surface area contributed by atoms with E-state index in [1.807, 2.05) is 0 Å². The third-order valence-corrected chi connectivity index (χ3v) is 5.91. The first kappa shape index (κ1) is 15.9. The van der Waals surface area contributed by atoms with E-state index in [1.165, 1.54) is 39.1 Å². The Morgan fingerprint density at radius 2 is 1.73 bits per heavy atom. The number of ether oxygens (including phenoxy) is 2. The van der Waals surface area contributed by atoms with Crippen molar-refractivity contribution < 1.29 is 9.47 Å². The number of hydrogen-bond donors (Lipinski definition) is 0. The summed E-state index contributed by atoms with van der Waals surface area (Å²) in [6, 6.07) is 11.3. The maximum absolute atomic E-state index is 10.1. The molecule has 0 aromatic heterocycles. The summed E-state index contributed by atoms with van der Waals surface area (Å²) in [5, 5.41) is 10.1. The van der Waals surface area contributed by atoms with Crippen LogP contribution in [0.25, 0.3) is 11.1 Å². The Kier molecular flexibility index (Phi) is 3.92. The van der Waals surface area contributed by atoms with Gasteiger partial charge >= 0.3 is 0 Å². The molecule has 4 heteroatoms. The lowest BCUT2D eigenvalue weighted by molar-refractivity contribution is 0.111. The fourth-order valence-electron chi connectivity index (χ4n) is 4.75. The van der Waals surface area contributed by atoms with Crippen molar-refractivity contribution in [2.75, 3.05) is 37.8 Å². The molecule has 132 valence electrons. The van der Waals surface area contributed by atoms with Gasteiger partial charge in [-0.1, -0.05) is 24.3 Å². The second kappa shape index (κ2) is 6.42. The van der Waals surface area contributed by atoms with Gasteiger partial charge < -0.3 is 14.4 Å². The average molecular weight is 346 g/mol. The van der Waals surface area contributed by atoms with Crippen LogP contribution in [-0.4, -0.2) is 32.9 Å². The van der Waals surface area contributed by atoms with Crippen LogP contribution in [0, 0.1) is 11.3 Å². The molecule has 0 bridgehead atoms. The highest BCUT2D eigenvalue weighted by molar-refractivity contribution is 5.86. The van der Waals surface area contributed by atoms with Gasteiger partial charge in [-0.3, -0.25) is 0 Å². The molecule has 2 aliphatic heterocycles. The fourth-order valence-corrected chi connectivity index (χ4v) is 4.75. The van der Waals surface area contributed by atoms with E-state index < -0.39 is 0 Å². The van der Waals surface area contributed by atoms with E-state index in [2.05, 4.69) is 35.2 Å². The summed E-state index contributed by atoms with van der Waals surface area (Å²) >= 11 is 0. The lowest BCUT2D eigenvalue weighted by Gasteiger charge is -2.37. The minimum absolute atomic E-state index is 0.615. The van der Waals surface area contributed by atoms with Crippen LogP contribution >= 0.6 is 0 Å². The molecule has 0 atom stereocenters. The Bertz CT molecular complexity index is 907. The van der Waals surface area contributed by atoms with Gasteiger partial charge in [-0.2, -0.15) is 5.26 Å². The van der Waals surface area contributed by atoms with Crippen molar-refractivity contribution in [3.8, 4) is 17.2 Å². The minimum atomic E-state index is 0.615. The van der Waals surface area contributed by atoms with Crippen molar-refractivity contribution in [2.24, 2.45) is 0 Å². The first-order valence-electron chi connectivity index (χ1n) is 9.48. The molecule has 26 heavy (non-hydrogen) atoms. The molecule has 1 saturated heterocycles. The van der Waals surface area contributed by atoms with E-state index in [0.29, 0.717) is 13.2 Å². The lowest BCUT2D eigenvalue weighted by Crippen LogP contribution is -2.38. The van der Waals surface area contributed by atoms with Crippen LogP contribution in [0.4, 0.5) is 5.69 Å². The summed E-state index contributed by atoms with van der Waals surface area (Å²) in [5.41, 5.74) is 9.90. The molecule has 5 rings (SSSR count). The van der Waals surface area contributed by atoms with Crippen LogP contribution in [0.3, 0.4) is 0 Å². The Morgan fingerprint density at radius 3 is 2.58 bits per heavy atom. The van der Waals surface area contributed by atoms with Gasteiger partial charge in [0.15, 0.2) is 0 Å². The molecular weight excluding hydrogens is 324 g/mol. The van der Waals surface area contributed by atoms with Gasteiger partial charge in [0.25, 0.3) is 0 Å². The molecule has 0 spiro atoms. The van der Waals surface area contributed by atoms with Gasteiger partial charge in [0.2, 0.25) is 0 Å². The fraction of sp³-hybridized carbons (Fsp3) is 0.409. The molecule has 1 fully saturated rings. The van der Waals surface area contributed by atoms with E-state index >= 15 is 0 Å². The number of hydrogen-bond acceptors (Lipinski definition) is 4. The zero-order chi connectivity index (χ0) is 17.5. The van der Waals surface area contributed by atoms with Gasteiger partial charge in [0, 0.05) is 13.1 Å². The third kappa shape index (κ3) is 2.35. The number of rotatable bonds is 1. The van der Waals surface area contributed by atoms with Crippen molar-refractivity contribution in [2.45, 2.75) is 25.9 Å². The number of morpholine rings is 1. The van der Waals surface area contributed by atoms with E-state index in [0.717, 1.165) is 51.1 Å². The molecular formula is C22H22N2O2. The van der Waals surface area contributed by atoms with E-state index in [9.17, 15) is 5.26 Å². The van der Waals surface area contributed by atoms with Gasteiger partial charge in [0.05, 0.1) is 37.7 Å². The largest absolute Gasteiger partial charge is 0.378 e. The maximum Gasteiger partial charge on any atom is 0.102 e. The average Bonchev–Trinajstić information content (AvgIpc) is 2.72. The topological polar surface area (TPSA) is 45.5 Å². The van der Waals surface area contributed by atoms with Crippen molar-refractivity contribution in [1.29, 1.82) is 5.26 Å². The van der Waals surface area contributed by atoms with E-state index in [4.69, 9.17) is 9.47 Å². The molecule has 2 aromatic rings. The molecule has 0 radical (unpaired) electrons. The predicted octanol–water partition coefficient (Wildman–Crippen LogP) is 3.23. The first-order chi connectivity index (χ1) is 12.9. The predicted molar refractivity (Wildman–Crippen MR) is 100 cm³/mol. The number of benzene rings is 2. The zero-order valence-electron chi connectivity index (χ0n) is 14.9. The molecule has 2 heterocycles. The molecule has 2 aromatic carbocycles. The second-order valence-corrected chi connectivity index (χ2v) is 7.21. The highest BCUT2D eigenvalue weighted by atomic mass is 16.5. The van der Waals surface area contributed by atoms with Crippen LogP contribution in [0.1, 0.15) is 27.8 Å². The van der Waals surface area contributed by atoms with Crippen LogP contribution in [-0.2, 0) is 35.3 Å². The van der Waals surface area contributed by atoms with Gasteiger partial charge in [-0.05, 0) is 52.6 Å². The summed E-state index contributed by atoms with van der Waals surface area (Å²) in [4.78, 5) is 2.38. The lowest BCUT2D eigenvalue weighted by atomic mass is 9.77. The summed E-state index contributed by atoms with van der Waals surface area (Å²) in [7, 11) is 0. The van der Waals surface area contributed by atoms with Crippen LogP contribution in [0.15, 0.2) is 24.3 Å². The summed E-state index contributed by atoms with van der Waals surface area (Å²) in [6.45, 7) is 4.50. The summed E-state index contributed by atoms with van der Waals surface area (Å²) < 4.78 is 11.4. The molecule has 4 nitrogen and oxygen atoms in total. The van der Waals surface area contributed by atoms with Gasteiger partial charge in [0.1, 0.15) is 6.07 Å². The SMILES string of the molecule is N#Cc1c2c(c3c(c1N1CCOCC1)CCc1ccccc1-3)COCC2. The molecule has 0 amide bonds. The van der Waals surface area contributed by atoms with Crippen molar-refractivity contribution in [3.05, 3.63) is 52.1 Å². The number of anilines is 1. The smallest absolute Gasteiger partial charge is 0.102 e. The quantitative estimate of drug-likeness (QED) is 0.795. The second-order valence-electron chi connectivity index (χ2n) is 7.21. The van der Waals surface area contributed by atoms with E-state index in [-0.39, 0.29) is 0 Å². The van der Waals surface area contributed by atoms with Crippen molar-refractivity contribution in [1.82, 2.24) is 0 Å². The molecule has 0 saturated carbocycles. The van der Waals surface area contributed by atoms with Gasteiger partial charge in [-0.25, -0.2) is 0 Å². The Balaban J connectivity index is 1.82. The number of nitrogens with zero attached hydrogens (tertiary/aromatic N) is 2. The normalized spacial score (nSPS) is 18.5. The number of aryl methyl sites for hydroxylation is 1. The highest BCUT2D eigenvalue weighted by Gasteiger charge is 2.31. The third-order valence-electron chi connectivity index (χ3n) is 5.91. The van der Waals surface area contributed by atoms with Crippen molar-refractivity contribution in [3.63, 3.8) is 0 Å². The molecule has 1 aliphatic carbocycles. The molecule has 3 aliphatic rings. The first-order valence-corrected chi connectivity index (χ1v) is 9.48. The maximum atomic E-state index is 10.1. The number of nitriles is 1. The summed E-state index contributed by atoms with van der Waals surface area (Å²) in [6.07, 6.45) is 2.84. The monoisotopic (exact) mass is 346 g/mol. The Morgan fingerprint density at radius 1 is 0.885 bits per heavy atom. The Hall–Kier alpha value is -2.35. The molecule has 0 unspecified atom stereocenters. The van der Waals surface area contributed by atoms with Crippen LogP contribution in [0.2, 0.25) is 0 Å². The Labute approximate surface area is 153 Å². The highest BCUT2D eigenvalue weighted by Crippen LogP contribution is 2.46. The molecule has 0 N–H and O–H groups in total. The summed E-state index contributed by atoms with van der Waals surface area (Å²) in [5.74, 6) is 0. The van der Waals surface area contributed by atoms with E-state index in [1.54, 1.807) is 0 Å². The zero-order valence-corrected chi connectivity index (χ0v) is 14.9. The van der Waals surface area contributed by atoms with Crippen molar-refractivity contribution >= 4 is 5.69 Å². The number of fused-ring (bicyclic) bond motifs is 5. The van der Waals surface area contributed by atoms with Gasteiger partial charge in [-0.15, -0.1) is 0 Å². The van der Waals surface area contributed by atoms with Crippen LogP contribution < -0.4 is 4.90 Å². The van der Waals surface area contributed by atoms with Crippen LogP contribution in [0.5, 0.6) is 0 Å². The standard InChI is InChI=1S/C22H22N2O2/c23-13-19-17-7-10-26-14-20(17)21-16-4-2-1-3-15(16)5-6-18(21)22(19)24-8-11-25-12-9-24/h1-4H,5-12,14H2.